The van der Waals surface area contributed by atoms with Crippen molar-refractivity contribution in [2.75, 3.05) is 37.9 Å². The van der Waals surface area contributed by atoms with E-state index in [4.69, 9.17) is 14.0 Å². The fraction of sp³-hybridized carbons (Fsp3) is 0.286. The van der Waals surface area contributed by atoms with Gasteiger partial charge in [-0.25, -0.2) is 0 Å². The fourth-order valence-electron chi connectivity index (χ4n) is 3.59. The molecule has 3 aromatic rings. The van der Waals surface area contributed by atoms with Gasteiger partial charge in [-0.2, -0.15) is 4.98 Å². The number of ether oxygens (including phenoxy) is 2. The van der Waals surface area contributed by atoms with Gasteiger partial charge in [-0.3, -0.25) is 4.79 Å². The summed E-state index contributed by atoms with van der Waals surface area (Å²) in [6, 6.07) is 13.8. The molecule has 0 bridgehead atoms. The molecule has 148 valence electrons. The van der Waals surface area contributed by atoms with Crippen LogP contribution in [0.4, 0.5) is 5.69 Å². The second-order valence-corrected chi connectivity index (χ2v) is 7.11. The van der Waals surface area contributed by atoms with Gasteiger partial charge in [0, 0.05) is 37.4 Å². The minimum Gasteiger partial charge on any atom is -0.454 e. The molecule has 8 nitrogen and oxygen atoms in total. The number of fused-ring (bicyclic) bond motifs is 1. The summed E-state index contributed by atoms with van der Waals surface area (Å²) in [6.07, 6.45) is 0. The summed E-state index contributed by atoms with van der Waals surface area (Å²) in [4.78, 5) is 21.1. The normalized spacial score (nSPS) is 15.6. The van der Waals surface area contributed by atoms with Gasteiger partial charge in [0.05, 0.1) is 0 Å². The predicted molar refractivity (Wildman–Crippen MR) is 105 cm³/mol. The molecule has 2 aliphatic rings. The van der Waals surface area contributed by atoms with Crippen molar-refractivity contribution in [1.82, 2.24) is 15.0 Å². The van der Waals surface area contributed by atoms with E-state index in [0.29, 0.717) is 30.2 Å². The number of rotatable bonds is 3. The Balaban J connectivity index is 1.26. The topological polar surface area (TPSA) is 80.9 Å². The molecular formula is C21H20N4O4. The highest BCUT2D eigenvalue weighted by molar-refractivity contribution is 5.91. The number of amides is 1. The van der Waals surface area contributed by atoms with Crippen molar-refractivity contribution >= 4 is 11.6 Å². The predicted octanol–water partition coefficient (Wildman–Crippen LogP) is 2.74. The largest absolute Gasteiger partial charge is 0.454 e. The first-order valence-electron chi connectivity index (χ1n) is 9.52. The fourth-order valence-corrected chi connectivity index (χ4v) is 3.59. The van der Waals surface area contributed by atoms with Crippen molar-refractivity contribution in [3.63, 3.8) is 0 Å². The number of hydrogen-bond donors (Lipinski definition) is 0. The van der Waals surface area contributed by atoms with Gasteiger partial charge in [0.25, 0.3) is 17.6 Å². The Kier molecular flexibility index (Phi) is 4.31. The van der Waals surface area contributed by atoms with Crippen LogP contribution >= 0.6 is 0 Å². The molecule has 1 saturated heterocycles. The molecule has 1 fully saturated rings. The molecule has 0 radical (unpaired) electrons. The molecule has 3 heterocycles. The van der Waals surface area contributed by atoms with E-state index in [1.807, 2.05) is 0 Å². The monoisotopic (exact) mass is 392 g/mol. The molecule has 0 unspecified atom stereocenters. The van der Waals surface area contributed by atoms with E-state index in [1.165, 1.54) is 11.3 Å². The maximum Gasteiger partial charge on any atom is 0.295 e. The molecule has 0 spiro atoms. The van der Waals surface area contributed by atoms with Gasteiger partial charge in [0.1, 0.15) is 0 Å². The first kappa shape index (κ1) is 17.5. The van der Waals surface area contributed by atoms with Crippen LogP contribution in [0.5, 0.6) is 11.5 Å². The van der Waals surface area contributed by atoms with E-state index in [0.717, 1.165) is 13.1 Å². The number of aryl methyl sites for hydroxylation is 1. The van der Waals surface area contributed by atoms with Gasteiger partial charge in [-0.1, -0.05) is 17.3 Å². The van der Waals surface area contributed by atoms with Crippen LogP contribution in [-0.4, -0.2) is 53.9 Å². The molecule has 8 heteroatoms. The number of benzene rings is 2. The van der Waals surface area contributed by atoms with Crippen LogP contribution < -0.4 is 14.4 Å². The molecule has 2 aromatic carbocycles. The van der Waals surface area contributed by atoms with Crippen LogP contribution in [-0.2, 0) is 0 Å². The Morgan fingerprint density at radius 3 is 2.66 bits per heavy atom. The summed E-state index contributed by atoms with van der Waals surface area (Å²) in [5.74, 6) is 1.44. The van der Waals surface area contributed by atoms with Gasteiger partial charge in [0.2, 0.25) is 6.79 Å². The van der Waals surface area contributed by atoms with Crippen molar-refractivity contribution in [3.8, 4) is 23.0 Å². The molecule has 29 heavy (non-hydrogen) atoms. The minimum absolute atomic E-state index is 0.0710. The third-order valence-electron chi connectivity index (χ3n) is 5.17. The Morgan fingerprint density at radius 2 is 1.83 bits per heavy atom. The van der Waals surface area contributed by atoms with Gasteiger partial charge in [-0.05, 0) is 42.8 Å². The van der Waals surface area contributed by atoms with Gasteiger partial charge < -0.3 is 23.8 Å². The zero-order chi connectivity index (χ0) is 19.8. The number of carbonyl (C=O) groups is 1. The standard InChI is InChI=1S/C21H20N4O4/c1-14-3-2-4-16(11-14)24-7-9-25(10-8-24)21(26)19-22-20(29-23-19)15-5-6-17-18(12-15)28-13-27-17/h2-6,11-12H,7-10,13H2,1H3. The lowest BCUT2D eigenvalue weighted by Crippen LogP contribution is -2.49. The SMILES string of the molecule is Cc1cccc(N2CCN(C(=O)c3noc(-c4ccc5c(c4)OCO5)n3)CC2)c1. The van der Waals surface area contributed by atoms with E-state index < -0.39 is 0 Å². The maximum absolute atomic E-state index is 12.8. The molecular weight excluding hydrogens is 372 g/mol. The van der Waals surface area contributed by atoms with Crippen LogP contribution in [0, 0.1) is 6.92 Å². The van der Waals surface area contributed by atoms with Crippen LogP contribution in [0.25, 0.3) is 11.5 Å². The Bertz CT molecular complexity index is 1060. The number of hydrogen-bond acceptors (Lipinski definition) is 7. The van der Waals surface area contributed by atoms with Gasteiger partial charge >= 0.3 is 0 Å². The van der Waals surface area contributed by atoms with Gasteiger partial charge in [-0.15, -0.1) is 0 Å². The highest BCUT2D eigenvalue weighted by Crippen LogP contribution is 2.35. The van der Waals surface area contributed by atoms with Crippen LogP contribution in [0.3, 0.4) is 0 Å². The van der Waals surface area contributed by atoms with Crippen molar-refractivity contribution in [2.24, 2.45) is 0 Å². The number of anilines is 1. The molecule has 0 N–H and O–H groups in total. The highest BCUT2D eigenvalue weighted by Gasteiger charge is 2.26. The lowest BCUT2D eigenvalue weighted by atomic mass is 10.2. The third kappa shape index (κ3) is 3.37. The van der Waals surface area contributed by atoms with E-state index in [1.54, 1.807) is 23.1 Å². The van der Waals surface area contributed by atoms with Crippen molar-refractivity contribution in [3.05, 3.63) is 53.9 Å². The third-order valence-corrected chi connectivity index (χ3v) is 5.17. The first-order valence-corrected chi connectivity index (χ1v) is 9.52. The average molecular weight is 392 g/mol. The summed E-state index contributed by atoms with van der Waals surface area (Å²) in [5, 5.41) is 3.89. The molecule has 5 rings (SSSR count). The van der Waals surface area contributed by atoms with Crippen molar-refractivity contribution in [1.29, 1.82) is 0 Å². The minimum atomic E-state index is -0.218. The van der Waals surface area contributed by atoms with Crippen LogP contribution in [0.1, 0.15) is 16.2 Å². The van der Waals surface area contributed by atoms with Crippen LogP contribution in [0.2, 0.25) is 0 Å². The van der Waals surface area contributed by atoms with Crippen molar-refractivity contribution in [2.45, 2.75) is 6.92 Å². The summed E-state index contributed by atoms with van der Waals surface area (Å²) in [7, 11) is 0. The van der Waals surface area contributed by atoms with Gasteiger partial charge in [0.15, 0.2) is 11.5 Å². The van der Waals surface area contributed by atoms with E-state index in [-0.39, 0.29) is 24.4 Å². The van der Waals surface area contributed by atoms with E-state index in [9.17, 15) is 4.79 Å². The average Bonchev–Trinajstić information content (AvgIpc) is 3.42. The van der Waals surface area contributed by atoms with E-state index >= 15 is 0 Å². The van der Waals surface area contributed by atoms with Crippen molar-refractivity contribution < 1.29 is 18.8 Å². The first-order chi connectivity index (χ1) is 14.2. The molecule has 1 aromatic heterocycles. The van der Waals surface area contributed by atoms with Crippen LogP contribution in [0.15, 0.2) is 47.0 Å². The molecule has 0 saturated carbocycles. The Hall–Kier alpha value is -3.55. The molecule has 2 aliphatic heterocycles. The molecule has 0 aliphatic carbocycles. The van der Waals surface area contributed by atoms with E-state index in [2.05, 4.69) is 46.2 Å². The molecule has 1 amide bonds. The summed E-state index contributed by atoms with van der Waals surface area (Å²) in [6.45, 7) is 5.03. The zero-order valence-electron chi connectivity index (χ0n) is 16.0. The lowest BCUT2D eigenvalue weighted by molar-refractivity contribution is 0.0731. The number of carbonyl (C=O) groups excluding carboxylic acids is 1. The smallest absolute Gasteiger partial charge is 0.295 e. The second kappa shape index (κ2) is 7.12. The summed E-state index contributed by atoms with van der Waals surface area (Å²) in [5.41, 5.74) is 3.09. The zero-order valence-corrected chi connectivity index (χ0v) is 16.0. The molecule has 0 atom stereocenters. The number of nitrogens with zero attached hydrogens (tertiary/aromatic N) is 4. The summed E-state index contributed by atoms with van der Waals surface area (Å²) < 4.78 is 16.0. The quantitative estimate of drug-likeness (QED) is 0.678. The highest BCUT2D eigenvalue weighted by atomic mass is 16.7. The summed E-state index contributed by atoms with van der Waals surface area (Å²) >= 11 is 0. The lowest BCUT2D eigenvalue weighted by Gasteiger charge is -2.35. The number of aromatic nitrogens is 2. The second-order valence-electron chi connectivity index (χ2n) is 7.11. The maximum atomic E-state index is 12.8. The Labute approximate surface area is 167 Å². The number of piperazine rings is 1. The Morgan fingerprint density at radius 1 is 1.00 bits per heavy atom.